The standard InChI is InChI=1S/C15H16F2N2O4S2/c1-24(20,21)19(14-4-2-3-13(17)11-14)10-9-18-25(22,23)15-7-5-12(16)6-8-15/h2-8,11,18H,9-10H2,1H3. The molecule has 0 amide bonds. The van der Waals surface area contributed by atoms with Gasteiger partial charge in [0.25, 0.3) is 0 Å². The van der Waals surface area contributed by atoms with E-state index in [4.69, 9.17) is 0 Å². The molecule has 0 aliphatic carbocycles. The van der Waals surface area contributed by atoms with E-state index in [1.54, 1.807) is 0 Å². The van der Waals surface area contributed by atoms with Crippen molar-refractivity contribution in [2.24, 2.45) is 0 Å². The fraction of sp³-hybridized carbons (Fsp3) is 0.200. The Bertz CT molecular complexity index is 946. The third-order valence-corrected chi connectivity index (χ3v) is 5.90. The number of benzene rings is 2. The Labute approximate surface area is 145 Å². The molecule has 0 bridgehead atoms. The zero-order chi connectivity index (χ0) is 18.7. The monoisotopic (exact) mass is 390 g/mol. The molecule has 0 radical (unpaired) electrons. The van der Waals surface area contributed by atoms with Crippen LogP contribution in [-0.2, 0) is 20.0 Å². The first-order valence-corrected chi connectivity index (χ1v) is 10.4. The van der Waals surface area contributed by atoms with Crippen molar-refractivity contribution in [2.75, 3.05) is 23.7 Å². The molecule has 25 heavy (non-hydrogen) atoms. The van der Waals surface area contributed by atoms with Crippen LogP contribution in [0.2, 0.25) is 0 Å². The number of sulfonamides is 2. The Morgan fingerprint density at radius 2 is 1.60 bits per heavy atom. The number of hydrogen-bond acceptors (Lipinski definition) is 4. The summed E-state index contributed by atoms with van der Waals surface area (Å²) in [5.74, 6) is -1.19. The third-order valence-electron chi connectivity index (χ3n) is 3.23. The maximum absolute atomic E-state index is 13.3. The zero-order valence-corrected chi connectivity index (χ0v) is 14.8. The minimum Gasteiger partial charge on any atom is -0.269 e. The van der Waals surface area contributed by atoms with Gasteiger partial charge in [-0.2, -0.15) is 0 Å². The summed E-state index contributed by atoms with van der Waals surface area (Å²) < 4.78 is 77.3. The van der Waals surface area contributed by atoms with Crippen LogP contribution in [0.15, 0.2) is 53.4 Å². The second-order valence-electron chi connectivity index (χ2n) is 5.17. The predicted molar refractivity (Wildman–Crippen MR) is 90.2 cm³/mol. The van der Waals surface area contributed by atoms with Gasteiger partial charge in [-0.15, -0.1) is 0 Å². The van der Waals surface area contributed by atoms with Gasteiger partial charge in [-0.05, 0) is 42.5 Å². The molecule has 0 heterocycles. The number of halogens is 2. The molecule has 136 valence electrons. The van der Waals surface area contributed by atoms with Crippen LogP contribution in [-0.4, -0.2) is 36.2 Å². The van der Waals surface area contributed by atoms with Gasteiger partial charge in [-0.3, -0.25) is 4.31 Å². The summed E-state index contributed by atoms with van der Waals surface area (Å²) in [5, 5.41) is 0. The molecule has 0 atom stereocenters. The van der Waals surface area contributed by atoms with E-state index in [9.17, 15) is 25.6 Å². The number of nitrogens with one attached hydrogen (secondary N) is 1. The highest BCUT2D eigenvalue weighted by atomic mass is 32.2. The van der Waals surface area contributed by atoms with E-state index in [1.807, 2.05) is 0 Å². The first kappa shape index (κ1) is 19.3. The minimum atomic E-state index is -3.92. The second-order valence-corrected chi connectivity index (χ2v) is 8.84. The van der Waals surface area contributed by atoms with Crippen molar-refractivity contribution in [3.8, 4) is 0 Å². The van der Waals surface area contributed by atoms with Crippen LogP contribution in [0.3, 0.4) is 0 Å². The third kappa shape index (κ3) is 5.21. The van der Waals surface area contributed by atoms with Gasteiger partial charge in [0.2, 0.25) is 20.0 Å². The van der Waals surface area contributed by atoms with Gasteiger partial charge in [0.05, 0.1) is 16.8 Å². The SMILES string of the molecule is CS(=O)(=O)N(CCNS(=O)(=O)c1ccc(F)cc1)c1cccc(F)c1. The molecule has 2 aromatic rings. The van der Waals surface area contributed by atoms with Gasteiger partial charge in [0.1, 0.15) is 11.6 Å². The Morgan fingerprint density at radius 1 is 0.960 bits per heavy atom. The molecule has 0 saturated carbocycles. The predicted octanol–water partition coefficient (Wildman–Crippen LogP) is 1.71. The molecule has 0 aromatic heterocycles. The van der Waals surface area contributed by atoms with Crippen LogP contribution in [0, 0.1) is 11.6 Å². The molecule has 0 unspecified atom stereocenters. The Morgan fingerprint density at radius 3 is 2.16 bits per heavy atom. The highest BCUT2D eigenvalue weighted by molar-refractivity contribution is 7.92. The fourth-order valence-corrected chi connectivity index (χ4v) is 4.04. The molecule has 0 aliphatic heterocycles. The van der Waals surface area contributed by atoms with Crippen molar-refractivity contribution in [1.29, 1.82) is 0 Å². The molecule has 2 rings (SSSR count). The van der Waals surface area contributed by atoms with Gasteiger partial charge in [-0.25, -0.2) is 30.3 Å². The fourth-order valence-electron chi connectivity index (χ4n) is 2.10. The smallest absolute Gasteiger partial charge is 0.240 e. The topological polar surface area (TPSA) is 83.6 Å². The Kier molecular flexibility index (Phi) is 5.76. The molecule has 0 aliphatic rings. The second kappa shape index (κ2) is 7.46. The number of nitrogens with zero attached hydrogens (tertiary/aromatic N) is 1. The van der Waals surface area contributed by atoms with Crippen LogP contribution in [0.5, 0.6) is 0 Å². The zero-order valence-electron chi connectivity index (χ0n) is 13.2. The van der Waals surface area contributed by atoms with E-state index in [-0.39, 0.29) is 23.7 Å². The lowest BCUT2D eigenvalue weighted by molar-refractivity contribution is 0.577. The summed E-state index contributed by atoms with van der Waals surface area (Å²) in [6.07, 6.45) is 0.937. The molecule has 1 N–H and O–H groups in total. The summed E-state index contributed by atoms with van der Waals surface area (Å²) in [7, 11) is -7.66. The maximum Gasteiger partial charge on any atom is 0.240 e. The van der Waals surface area contributed by atoms with Crippen LogP contribution in [0.25, 0.3) is 0 Å². The molecular weight excluding hydrogens is 374 g/mol. The van der Waals surface area contributed by atoms with Crippen LogP contribution in [0.4, 0.5) is 14.5 Å². The largest absolute Gasteiger partial charge is 0.269 e. The Balaban J connectivity index is 2.12. The average Bonchev–Trinajstić information content (AvgIpc) is 2.50. The molecule has 6 nitrogen and oxygen atoms in total. The van der Waals surface area contributed by atoms with E-state index in [0.717, 1.165) is 40.9 Å². The van der Waals surface area contributed by atoms with Crippen molar-refractivity contribution >= 4 is 25.7 Å². The first-order valence-electron chi connectivity index (χ1n) is 7.08. The van der Waals surface area contributed by atoms with Gasteiger partial charge < -0.3 is 0 Å². The quantitative estimate of drug-likeness (QED) is 0.780. The van der Waals surface area contributed by atoms with Crippen LogP contribution < -0.4 is 9.03 Å². The first-order chi connectivity index (χ1) is 11.6. The van der Waals surface area contributed by atoms with Crippen LogP contribution >= 0.6 is 0 Å². The maximum atomic E-state index is 13.3. The minimum absolute atomic E-state index is 0.0866. The Hall–Kier alpha value is -2.04. The molecule has 2 aromatic carbocycles. The molecule has 0 fully saturated rings. The molecule has 0 saturated heterocycles. The van der Waals surface area contributed by atoms with E-state index in [0.29, 0.717) is 0 Å². The van der Waals surface area contributed by atoms with E-state index in [1.165, 1.54) is 18.2 Å². The summed E-state index contributed by atoms with van der Waals surface area (Å²) in [4.78, 5) is -0.148. The average molecular weight is 390 g/mol. The number of rotatable bonds is 7. The van der Waals surface area contributed by atoms with Gasteiger partial charge in [0, 0.05) is 13.1 Å². The van der Waals surface area contributed by atoms with Gasteiger partial charge in [0.15, 0.2) is 0 Å². The summed E-state index contributed by atoms with van der Waals surface area (Å²) in [6, 6.07) is 9.16. The lowest BCUT2D eigenvalue weighted by Gasteiger charge is -2.22. The lowest BCUT2D eigenvalue weighted by atomic mass is 10.3. The van der Waals surface area contributed by atoms with Crippen molar-refractivity contribution in [3.63, 3.8) is 0 Å². The number of anilines is 1. The van der Waals surface area contributed by atoms with Gasteiger partial charge >= 0.3 is 0 Å². The molecule has 10 heteroatoms. The van der Waals surface area contributed by atoms with E-state index in [2.05, 4.69) is 4.72 Å². The highest BCUT2D eigenvalue weighted by Crippen LogP contribution is 2.18. The normalized spacial score (nSPS) is 12.1. The lowest BCUT2D eigenvalue weighted by Crippen LogP contribution is -2.38. The molecule has 0 spiro atoms. The van der Waals surface area contributed by atoms with Crippen molar-refractivity contribution in [1.82, 2.24) is 4.72 Å². The van der Waals surface area contributed by atoms with E-state index >= 15 is 0 Å². The van der Waals surface area contributed by atoms with Crippen molar-refractivity contribution in [2.45, 2.75) is 4.90 Å². The van der Waals surface area contributed by atoms with Gasteiger partial charge in [-0.1, -0.05) is 6.07 Å². The summed E-state index contributed by atoms with van der Waals surface area (Å²) in [6.45, 7) is -0.480. The van der Waals surface area contributed by atoms with Crippen molar-refractivity contribution in [3.05, 3.63) is 60.2 Å². The van der Waals surface area contributed by atoms with Crippen LogP contribution in [0.1, 0.15) is 0 Å². The van der Waals surface area contributed by atoms with Crippen molar-refractivity contribution < 1.29 is 25.6 Å². The summed E-state index contributed by atoms with van der Waals surface area (Å²) in [5.41, 5.74) is 0.0866. The highest BCUT2D eigenvalue weighted by Gasteiger charge is 2.19. The summed E-state index contributed by atoms with van der Waals surface area (Å²) >= 11 is 0. The number of hydrogen-bond donors (Lipinski definition) is 1. The molecular formula is C15H16F2N2O4S2. The van der Waals surface area contributed by atoms with E-state index < -0.39 is 31.7 Å².